The average molecular weight is 448 g/mol. The first-order valence-corrected chi connectivity index (χ1v) is 9.91. The van der Waals surface area contributed by atoms with E-state index in [4.69, 9.17) is 19.1 Å². The van der Waals surface area contributed by atoms with Gasteiger partial charge in [0.1, 0.15) is 34.5 Å². The summed E-state index contributed by atoms with van der Waals surface area (Å²) in [6, 6.07) is 3.42. The molecule has 4 rings (SSSR count). The Balaban J connectivity index is 1.84. The fourth-order valence-corrected chi connectivity index (χ4v) is 3.59. The lowest BCUT2D eigenvalue weighted by atomic mass is 10.0. The molecule has 0 amide bonds. The Labute approximate surface area is 184 Å². The summed E-state index contributed by atoms with van der Waals surface area (Å²) in [5, 5.41) is -0.433. The molecule has 31 heavy (non-hydrogen) atoms. The highest BCUT2D eigenvalue weighted by molar-refractivity contribution is 6.31. The molecule has 9 heteroatoms. The van der Waals surface area contributed by atoms with Crippen LogP contribution >= 0.6 is 11.6 Å². The fourth-order valence-electron chi connectivity index (χ4n) is 3.42. The van der Waals surface area contributed by atoms with Gasteiger partial charge in [-0.15, -0.1) is 0 Å². The summed E-state index contributed by atoms with van der Waals surface area (Å²) >= 11 is 6.27. The van der Waals surface area contributed by atoms with E-state index >= 15 is 0 Å². The molecule has 3 aromatic rings. The third-order valence-corrected chi connectivity index (χ3v) is 5.30. The maximum atomic E-state index is 14.1. The predicted octanol–water partition coefficient (Wildman–Crippen LogP) is 4.22. The Morgan fingerprint density at radius 1 is 1.23 bits per heavy atom. The summed E-state index contributed by atoms with van der Waals surface area (Å²) in [6.45, 7) is -1.46. The Hall–Kier alpha value is -3.13. The summed E-state index contributed by atoms with van der Waals surface area (Å²) < 4.78 is 50.2. The van der Waals surface area contributed by atoms with Gasteiger partial charge in [-0.1, -0.05) is 11.6 Å². The molecule has 0 aliphatic carbocycles. The van der Waals surface area contributed by atoms with Crippen LogP contribution in [0.2, 0.25) is 5.02 Å². The van der Waals surface area contributed by atoms with E-state index in [-0.39, 0.29) is 17.2 Å². The maximum absolute atomic E-state index is 14.1. The van der Waals surface area contributed by atoms with Gasteiger partial charge in [0, 0.05) is 30.9 Å². The number of carbonyl (C=O) groups is 1. The van der Waals surface area contributed by atoms with Gasteiger partial charge in [0.25, 0.3) is 5.56 Å². The van der Waals surface area contributed by atoms with E-state index in [2.05, 4.69) is 9.97 Å². The summed E-state index contributed by atoms with van der Waals surface area (Å²) in [6.07, 6.45) is 4.84. The molecular weight excluding hydrogens is 428 g/mol. The zero-order valence-electron chi connectivity index (χ0n) is 18.4. The number of pyridine rings is 3. The van der Waals surface area contributed by atoms with Crippen LogP contribution < -0.4 is 10.3 Å². The molecule has 0 aromatic carbocycles. The van der Waals surface area contributed by atoms with Gasteiger partial charge in [0.2, 0.25) is 0 Å². The van der Waals surface area contributed by atoms with Crippen molar-refractivity contribution in [1.29, 1.82) is 0 Å². The molecule has 0 radical (unpaired) electrons. The third-order valence-electron chi connectivity index (χ3n) is 4.95. The zero-order chi connectivity index (χ0) is 23.9. The quantitative estimate of drug-likeness (QED) is 0.560. The first-order valence-electron chi connectivity index (χ1n) is 10.5. The second kappa shape index (κ2) is 8.55. The van der Waals surface area contributed by atoms with Gasteiger partial charge in [0.05, 0.1) is 14.6 Å². The summed E-state index contributed by atoms with van der Waals surface area (Å²) in [4.78, 5) is 32.7. The number of nitrogens with zero attached hydrogens (tertiary/aromatic N) is 3. The molecule has 4 heterocycles. The molecule has 0 saturated carbocycles. The van der Waals surface area contributed by atoms with Crippen molar-refractivity contribution in [3.8, 4) is 11.4 Å². The largest absolute Gasteiger partial charge is 0.485 e. The van der Waals surface area contributed by atoms with Crippen molar-refractivity contribution in [3.63, 3.8) is 0 Å². The van der Waals surface area contributed by atoms with Crippen molar-refractivity contribution in [2.75, 3.05) is 0 Å². The lowest BCUT2D eigenvalue weighted by molar-refractivity contribution is 0.101. The first kappa shape index (κ1) is 18.6. The standard InChI is InChI=1S/C22H18ClF2N3O3/c1-12(29)17-8-19-13(9-26-17)4-2-3-5-15-7-20(21(23)22(30)28(15)19)31-11-18-16(25)6-14(24)10-27-18/h6-10H,2-5,11H2,1H3/i11D2. The number of hydrogen-bond acceptors (Lipinski definition) is 5. The zero-order valence-corrected chi connectivity index (χ0v) is 17.2. The van der Waals surface area contributed by atoms with Gasteiger partial charge in [-0.2, -0.15) is 0 Å². The van der Waals surface area contributed by atoms with Gasteiger partial charge in [-0.25, -0.2) is 8.78 Å². The predicted molar refractivity (Wildman–Crippen MR) is 110 cm³/mol. The second-order valence-corrected chi connectivity index (χ2v) is 7.48. The van der Waals surface area contributed by atoms with Crippen LogP contribution in [0, 0.1) is 11.6 Å². The highest BCUT2D eigenvalue weighted by Crippen LogP contribution is 2.29. The highest BCUT2D eigenvalue weighted by Gasteiger charge is 2.21. The Bertz CT molecular complexity index is 1330. The average Bonchev–Trinajstić information content (AvgIpc) is 2.73. The van der Waals surface area contributed by atoms with Crippen molar-refractivity contribution >= 4 is 17.4 Å². The van der Waals surface area contributed by atoms with Gasteiger partial charge in [0.15, 0.2) is 11.6 Å². The van der Waals surface area contributed by atoms with E-state index in [0.717, 1.165) is 18.4 Å². The van der Waals surface area contributed by atoms with E-state index in [1.54, 1.807) is 6.20 Å². The minimum Gasteiger partial charge on any atom is -0.485 e. The fraction of sp³-hybridized carbons (Fsp3) is 0.273. The third kappa shape index (κ3) is 4.20. The minimum absolute atomic E-state index is 0.192. The van der Waals surface area contributed by atoms with Crippen molar-refractivity contribution in [3.05, 3.63) is 80.2 Å². The van der Waals surface area contributed by atoms with Crippen LogP contribution in [0.1, 0.15) is 49.9 Å². The van der Waals surface area contributed by atoms with Crippen LogP contribution in [0.25, 0.3) is 5.69 Å². The van der Waals surface area contributed by atoms with Gasteiger partial charge in [-0.05, 0) is 37.3 Å². The number of halogens is 3. The second-order valence-electron chi connectivity index (χ2n) is 7.10. The first-order chi connectivity index (χ1) is 15.6. The van der Waals surface area contributed by atoms with E-state index in [1.165, 1.54) is 23.6 Å². The van der Waals surface area contributed by atoms with Crippen molar-refractivity contribution < 1.29 is 21.1 Å². The number of fused-ring (bicyclic) bond motifs is 3. The van der Waals surface area contributed by atoms with E-state index in [0.29, 0.717) is 36.5 Å². The van der Waals surface area contributed by atoms with Crippen molar-refractivity contribution in [1.82, 2.24) is 14.5 Å². The molecule has 0 bridgehead atoms. The lowest BCUT2D eigenvalue weighted by Crippen LogP contribution is -2.26. The highest BCUT2D eigenvalue weighted by atomic mass is 35.5. The van der Waals surface area contributed by atoms with Crippen LogP contribution in [0.3, 0.4) is 0 Å². The molecule has 0 fully saturated rings. The molecule has 0 N–H and O–H groups in total. The number of rotatable bonds is 4. The number of ether oxygens (including phenoxy) is 1. The van der Waals surface area contributed by atoms with Gasteiger partial charge < -0.3 is 4.74 Å². The molecule has 3 aromatic heterocycles. The van der Waals surface area contributed by atoms with Crippen LogP contribution in [0.15, 0.2) is 35.4 Å². The molecule has 0 atom stereocenters. The number of carbonyl (C=O) groups excluding carboxylic acids is 1. The molecule has 0 unspecified atom stereocenters. The Morgan fingerprint density at radius 2 is 2.00 bits per heavy atom. The van der Waals surface area contributed by atoms with Crippen molar-refractivity contribution in [2.24, 2.45) is 0 Å². The SMILES string of the molecule is [2H]C([2H])(Oc1cc2n(c(=O)c1Cl)-c1cc(C(C)=O)ncc1CCCC2)c1ncc(F)cc1F. The summed E-state index contributed by atoms with van der Waals surface area (Å²) in [7, 11) is 0. The topological polar surface area (TPSA) is 74.1 Å². The van der Waals surface area contributed by atoms with Gasteiger partial charge >= 0.3 is 0 Å². The molecule has 0 spiro atoms. The molecule has 1 aliphatic heterocycles. The normalized spacial score (nSPS) is 14.5. The summed E-state index contributed by atoms with van der Waals surface area (Å²) in [5.41, 5.74) is 0.436. The Kier molecular flexibility index (Phi) is 5.13. The number of aryl methyl sites for hydroxylation is 2. The minimum atomic E-state index is -2.84. The van der Waals surface area contributed by atoms with E-state index < -0.39 is 34.5 Å². The number of ketones is 1. The molecule has 0 saturated heterocycles. The van der Waals surface area contributed by atoms with Gasteiger partial charge in [-0.3, -0.25) is 24.1 Å². The number of Topliss-reactive ketones (excluding diaryl/α,β-unsaturated/α-hetero) is 1. The van der Waals surface area contributed by atoms with E-state index in [1.807, 2.05) is 0 Å². The molecular formula is C22H18ClF2N3O3. The Morgan fingerprint density at radius 3 is 2.74 bits per heavy atom. The van der Waals surface area contributed by atoms with Crippen LogP contribution in [-0.2, 0) is 19.4 Å². The number of hydrogen-bond donors (Lipinski definition) is 0. The van der Waals surface area contributed by atoms with Crippen molar-refractivity contribution in [2.45, 2.75) is 39.2 Å². The molecule has 160 valence electrons. The van der Waals surface area contributed by atoms with Crippen LogP contribution in [-0.4, -0.2) is 20.3 Å². The lowest BCUT2D eigenvalue weighted by Gasteiger charge is -2.21. The number of aromatic nitrogens is 3. The van der Waals surface area contributed by atoms with E-state index in [9.17, 15) is 18.4 Å². The van der Waals surface area contributed by atoms with Crippen LogP contribution in [0.5, 0.6) is 5.75 Å². The summed E-state index contributed by atoms with van der Waals surface area (Å²) in [5.74, 6) is -2.77. The van der Waals surface area contributed by atoms with Crippen LogP contribution in [0.4, 0.5) is 8.78 Å². The maximum Gasteiger partial charge on any atom is 0.277 e. The molecule has 6 nitrogen and oxygen atoms in total. The monoisotopic (exact) mass is 447 g/mol. The molecule has 1 aliphatic rings. The smallest absolute Gasteiger partial charge is 0.277 e.